The lowest BCUT2D eigenvalue weighted by Gasteiger charge is -2.31. The monoisotopic (exact) mass is 415 g/mol. The zero-order chi connectivity index (χ0) is 20.9. The maximum absolute atomic E-state index is 12.4. The molecule has 8 nitrogen and oxygen atoms in total. The standard InChI is InChI=1S/C20H21N3O5S/c24-20(11-8-16-6-9-18(10-7-16)23(25)26)22-14-12-17(13-15-22)21-29(27,28)19-4-2-1-3-5-19/h1-11,17,21H,12-15H2/b11-8+. The molecule has 0 aromatic heterocycles. The molecule has 29 heavy (non-hydrogen) atoms. The average Bonchev–Trinajstić information content (AvgIpc) is 2.73. The van der Waals surface area contributed by atoms with E-state index in [9.17, 15) is 23.3 Å². The zero-order valence-corrected chi connectivity index (χ0v) is 16.4. The summed E-state index contributed by atoms with van der Waals surface area (Å²) < 4.78 is 27.5. The van der Waals surface area contributed by atoms with E-state index in [0.29, 0.717) is 31.5 Å². The van der Waals surface area contributed by atoms with Crippen LogP contribution in [-0.2, 0) is 14.8 Å². The van der Waals surface area contributed by atoms with Crippen molar-refractivity contribution in [2.75, 3.05) is 13.1 Å². The van der Waals surface area contributed by atoms with Gasteiger partial charge in [-0.25, -0.2) is 13.1 Å². The Labute approximate surface area is 169 Å². The molecule has 152 valence electrons. The molecule has 9 heteroatoms. The Morgan fingerprint density at radius 1 is 1.07 bits per heavy atom. The molecule has 1 amide bonds. The number of benzene rings is 2. The molecule has 0 spiro atoms. The van der Waals surface area contributed by atoms with Crippen molar-refractivity contribution in [3.8, 4) is 0 Å². The zero-order valence-electron chi connectivity index (χ0n) is 15.6. The number of carbonyl (C=O) groups excluding carboxylic acids is 1. The van der Waals surface area contributed by atoms with Crippen LogP contribution < -0.4 is 4.72 Å². The number of hydrogen-bond acceptors (Lipinski definition) is 5. The summed E-state index contributed by atoms with van der Waals surface area (Å²) in [6, 6.07) is 13.9. The molecule has 2 aromatic carbocycles. The minimum absolute atomic E-state index is 0.00601. The summed E-state index contributed by atoms with van der Waals surface area (Å²) in [6.45, 7) is 0.900. The molecule has 1 saturated heterocycles. The van der Waals surface area contributed by atoms with Gasteiger partial charge in [0, 0.05) is 37.3 Å². The Bertz CT molecular complexity index is 996. The first-order valence-electron chi connectivity index (χ1n) is 9.14. The fourth-order valence-corrected chi connectivity index (χ4v) is 4.41. The number of nitro groups is 1. The first-order valence-corrected chi connectivity index (χ1v) is 10.6. The maximum Gasteiger partial charge on any atom is 0.269 e. The molecule has 1 N–H and O–H groups in total. The van der Waals surface area contributed by atoms with Gasteiger partial charge in [0.05, 0.1) is 9.82 Å². The van der Waals surface area contributed by atoms with Crippen LogP contribution in [0, 0.1) is 10.1 Å². The molecule has 0 aliphatic carbocycles. The molecule has 1 aliphatic rings. The molecule has 0 atom stereocenters. The van der Waals surface area contributed by atoms with Crippen LogP contribution in [0.15, 0.2) is 65.6 Å². The van der Waals surface area contributed by atoms with Gasteiger partial charge in [0.15, 0.2) is 0 Å². The van der Waals surface area contributed by atoms with Crippen LogP contribution >= 0.6 is 0 Å². The van der Waals surface area contributed by atoms with E-state index in [-0.39, 0.29) is 22.5 Å². The normalized spacial score (nSPS) is 15.5. The van der Waals surface area contributed by atoms with Crippen molar-refractivity contribution in [3.63, 3.8) is 0 Å². The van der Waals surface area contributed by atoms with Crippen LogP contribution in [0.3, 0.4) is 0 Å². The molecule has 1 fully saturated rings. The van der Waals surface area contributed by atoms with Crippen molar-refractivity contribution < 1.29 is 18.1 Å². The summed E-state index contributed by atoms with van der Waals surface area (Å²) >= 11 is 0. The van der Waals surface area contributed by atoms with Crippen molar-refractivity contribution in [3.05, 3.63) is 76.4 Å². The van der Waals surface area contributed by atoms with Crippen LogP contribution in [0.2, 0.25) is 0 Å². The number of nitrogens with zero attached hydrogens (tertiary/aromatic N) is 2. The number of amides is 1. The fourth-order valence-electron chi connectivity index (χ4n) is 3.08. The SMILES string of the molecule is O=C(/C=C/c1ccc([N+](=O)[O-])cc1)N1CCC(NS(=O)(=O)c2ccccc2)CC1. The third-order valence-corrected chi connectivity index (χ3v) is 6.24. The van der Waals surface area contributed by atoms with Crippen LogP contribution in [0.5, 0.6) is 0 Å². The van der Waals surface area contributed by atoms with Gasteiger partial charge in [-0.05, 0) is 48.7 Å². The van der Waals surface area contributed by atoms with Crippen LogP contribution in [0.1, 0.15) is 18.4 Å². The number of sulfonamides is 1. The minimum Gasteiger partial charge on any atom is -0.339 e. The molecule has 0 bridgehead atoms. The molecule has 0 radical (unpaired) electrons. The lowest BCUT2D eigenvalue weighted by molar-refractivity contribution is -0.384. The second-order valence-electron chi connectivity index (χ2n) is 6.72. The number of likely N-dealkylation sites (tertiary alicyclic amines) is 1. The number of nitro benzene ring substituents is 1. The second-order valence-corrected chi connectivity index (χ2v) is 8.43. The minimum atomic E-state index is -3.57. The van der Waals surface area contributed by atoms with Crippen molar-refractivity contribution >= 4 is 27.7 Å². The number of non-ortho nitro benzene ring substituents is 1. The predicted octanol–water partition coefficient (Wildman–Crippen LogP) is 2.58. The molecular formula is C20H21N3O5S. The smallest absolute Gasteiger partial charge is 0.269 e. The van der Waals surface area contributed by atoms with Gasteiger partial charge in [-0.3, -0.25) is 14.9 Å². The number of piperidine rings is 1. The first-order chi connectivity index (χ1) is 13.8. The van der Waals surface area contributed by atoms with Crippen molar-refractivity contribution in [2.45, 2.75) is 23.8 Å². The number of carbonyl (C=O) groups is 1. The highest BCUT2D eigenvalue weighted by molar-refractivity contribution is 7.89. The Morgan fingerprint density at radius 3 is 2.28 bits per heavy atom. The van der Waals surface area contributed by atoms with E-state index in [1.54, 1.807) is 53.4 Å². The molecule has 0 saturated carbocycles. The van der Waals surface area contributed by atoms with E-state index in [1.165, 1.54) is 18.2 Å². The summed E-state index contributed by atoms with van der Waals surface area (Å²) in [6.07, 6.45) is 4.10. The van der Waals surface area contributed by atoms with Gasteiger partial charge in [-0.2, -0.15) is 0 Å². The Kier molecular flexibility index (Phi) is 6.40. The molecule has 1 aliphatic heterocycles. The van der Waals surface area contributed by atoms with Gasteiger partial charge >= 0.3 is 0 Å². The highest BCUT2D eigenvalue weighted by atomic mass is 32.2. The Hall–Kier alpha value is -3.04. The van der Waals surface area contributed by atoms with E-state index in [4.69, 9.17) is 0 Å². The summed E-state index contributed by atoms with van der Waals surface area (Å²) in [5.74, 6) is -0.173. The maximum atomic E-state index is 12.4. The quantitative estimate of drug-likeness (QED) is 0.443. The van der Waals surface area contributed by atoms with Gasteiger partial charge in [-0.15, -0.1) is 0 Å². The van der Waals surface area contributed by atoms with Gasteiger partial charge < -0.3 is 4.90 Å². The van der Waals surface area contributed by atoms with E-state index < -0.39 is 14.9 Å². The highest BCUT2D eigenvalue weighted by Gasteiger charge is 2.25. The number of hydrogen-bond donors (Lipinski definition) is 1. The Balaban J connectivity index is 1.52. The van der Waals surface area contributed by atoms with E-state index >= 15 is 0 Å². The van der Waals surface area contributed by atoms with E-state index in [2.05, 4.69) is 4.72 Å². The van der Waals surface area contributed by atoms with Crippen LogP contribution in [0.25, 0.3) is 6.08 Å². The van der Waals surface area contributed by atoms with Crippen molar-refractivity contribution in [1.29, 1.82) is 0 Å². The highest BCUT2D eigenvalue weighted by Crippen LogP contribution is 2.16. The lowest BCUT2D eigenvalue weighted by atomic mass is 10.1. The molecule has 3 rings (SSSR count). The van der Waals surface area contributed by atoms with E-state index in [1.807, 2.05) is 0 Å². The summed E-state index contributed by atoms with van der Waals surface area (Å²) in [7, 11) is -3.57. The van der Waals surface area contributed by atoms with E-state index in [0.717, 1.165) is 0 Å². The van der Waals surface area contributed by atoms with Gasteiger partial charge in [-0.1, -0.05) is 18.2 Å². The number of rotatable bonds is 6. The summed E-state index contributed by atoms with van der Waals surface area (Å²) in [4.78, 5) is 24.4. The largest absolute Gasteiger partial charge is 0.339 e. The van der Waals surface area contributed by atoms with Gasteiger partial charge in [0.1, 0.15) is 0 Å². The fraction of sp³-hybridized carbons (Fsp3) is 0.250. The lowest BCUT2D eigenvalue weighted by Crippen LogP contribution is -2.46. The predicted molar refractivity (Wildman–Crippen MR) is 108 cm³/mol. The molecule has 1 heterocycles. The summed E-state index contributed by atoms with van der Waals surface area (Å²) in [5, 5.41) is 10.7. The molecule has 2 aromatic rings. The molecular weight excluding hydrogens is 394 g/mol. The topological polar surface area (TPSA) is 110 Å². The first kappa shape index (κ1) is 20.7. The van der Waals surface area contributed by atoms with Crippen molar-refractivity contribution in [1.82, 2.24) is 9.62 Å². The van der Waals surface area contributed by atoms with Crippen LogP contribution in [-0.4, -0.2) is 43.3 Å². The Morgan fingerprint density at radius 2 is 1.69 bits per heavy atom. The summed E-state index contributed by atoms with van der Waals surface area (Å²) in [5.41, 5.74) is 0.683. The third kappa shape index (κ3) is 5.49. The van der Waals surface area contributed by atoms with Gasteiger partial charge in [0.2, 0.25) is 15.9 Å². The number of nitrogens with one attached hydrogen (secondary N) is 1. The molecule has 0 unspecified atom stereocenters. The second kappa shape index (κ2) is 8.97. The van der Waals surface area contributed by atoms with Gasteiger partial charge in [0.25, 0.3) is 5.69 Å². The average molecular weight is 415 g/mol. The van der Waals surface area contributed by atoms with Crippen LogP contribution in [0.4, 0.5) is 5.69 Å². The third-order valence-electron chi connectivity index (χ3n) is 4.70. The van der Waals surface area contributed by atoms with Crippen molar-refractivity contribution in [2.24, 2.45) is 0 Å².